The predicted octanol–water partition coefficient (Wildman–Crippen LogP) is 3.47. The molecule has 0 bridgehead atoms. The average molecular weight is 334 g/mol. The smallest absolute Gasteiger partial charge is 0.393 e. The van der Waals surface area contributed by atoms with Crippen LogP contribution in [-0.4, -0.2) is 35.2 Å². The quantitative estimate of drug-likeness (QED) is 0.814. The molecule has 1 aromatic rings. The average Bonchev–Trinajstić information content (AvgIpc) is 2.48. The number of hydrogen-bond acceptors (Lipinski definition) is 2. The molecule has 1 unspecified atom stereocenters. The van der Waals surface area contributed by atoms with E-state index in [0.29, 0.717) is 44.1 Å². The highest BCUT2D eigenvalue weighted by molar-refractivity contribution is 5.89. The molecule has 2 N–H and O–H groups in total. The van der Waals surface area contributed by atoms with Crippen LogP contribution in [-0.2, 0) is 6.18 Å². The summed E-state index contributed by atoms with van der Waals surface area (Å²) in [7, 11) is 0. The van der Waals surface area contributed by atoms with E-state index in [2.05, 4.69) is 5.32 Å². The van der Waals surface area contributed by atoms with Crippen molar-refractivity contribution in [2.45, 2.75) is 32.0 Å². The zero-order valence-corrected chi connectivity index (χ0v) is 12.5. The lowest BCUT2D eigenvalue weighted by Crippen LogP contribution is -2.43. The van der Waals surface area contributed by atoms with Crippen LogP contribution in [0.3, 0.4) is 0 Å². The fraction of sp³-hybridized carbons (Fsp3) is 0.533. The second-order valence-electron chi connectivity index (χ2n) is 5.69. The number of carbonyl (C=O) groups excluding carboxylic acids is 1. The van der Waals surface area contributed by atoms with E-state index in [4.69, 9.17) is 0 Å². The third-order valence-electron chi connectivity index (χ3n) is 4.04. The Hall–Kier alpha value is -1.83. The second kappa shape index (κ2) is 6.74. The number of rotatable bonds is 2. The van der Waals surface area contributed by atoms with Crippen LogP contribution in [0, 0.1) is 11.7 Å². The van der Waals surface area contributed by atoms with Gasteiger partial charge in [-0.15, -0.1) is 0 Å². The van der Waals surface area contributed by atoms with E-state index in [0.717, 1.165) is 0 Å². The number of hydrogen-bond donors (Lipinski definition) is 2. The number of amides is 2. The third-order valence-corrected chi connectivity index (χ3v) is 4.04. The minimum atomic E-state index is -4.61. The summed E-state index contributed by atoms with van der Waals surface area (Å²) in [6.07, 6.45) is -3.89. The number of alkyl halides is 3. The van der Waals surface area contributed by atoms with Gasteiger partial charge >= 0.3 is 12.2 Å². The molecule has 0 aromatic heterocycles. The maximum atomic E-state index is 13.6. The fourth-order valence-electron chi connectivity index (χ4n) is 2.58. The Labute approximate surface area is 131 Å². The van der Waals surface area contributed by atoms with E-state index in [9.17, 15) is 27.5 Å². The molecule has 1 aliphatic rings. The van der Waals surface area contributed by atoms with Gasteiger partial charge in [-0.2, -0.15) is 13.2 Å². The molecule has 1 saturated heterocycles. The molecule has 1 aliphatic heterocycles. The monoisotopic (exact) mass is 334 g/mol. The number of likely N-dealkylation sites (tertiary alicyclic amines) is 1. The summed E-state index contributed by atoms with van der Waals surface area (Å²) in [4.78, 5) is 13.5. The van der Waals surface area contributed by atoms with Crippen molar-refractivity contribution in [1.82, 2.24) is 4.90 Å². The van der Waals surface area contributed by atoms with Crippen molar-refractivity contribution in [3.05, 3.63) is 29.6 Å². The van der Waals surface area contributed by atoms with Crippen molar-refractivity contribution in [2.75, 3.05) is 18.4 Å². The van der Waals surface area contributed by atoms with Gasteiger partial charge in [0.15, 0.2) is 0 Å². The molecule has 0 radical (unpaired) electrons. The van der Waals surface area contributed by atoms with Crippen LogP contribution in [0.25, 0.3) is 0 Å². The molecule has 1 aromatic carbocycles. The van der Waals surface area contributed by atoms with E-state index in [1.807, 2.05) is 0 Å². The van der Waals surface area contributed by atoms with Crippen LogP contribution in [0.5, 0.6) is 0 Å². The largest absolute Gasteiger partial charge is 0.416 e. The molecule has 23 heavy (non-hydrogen) atoms. The number of piperidine rings is 1. The van der Waals surface area contributed by atoms with E-state index in [1.165, 1.54) is 4.90 Å². The van der Waals surface area contributed by atoms with Gasteiger partial charge in [-0.1, -0.05) is 0 Å². The van der Waals surface area contributed by atoms with Crippen molar-refractivity contribution in [3.63, 3.8) is 0 Å². The Morgan fingerprint density at radius 1 is 1.35 bits per heavy atom. The van der Waals surface area contributed by atoms with E-state index in [-0.39, 0.29) is 5.92 Å². The van der Waals surface area contributed by atoms with Crippen LogP contribution in [0.15, 0.2) is 18.2 Å². The van der Waals surface area contributed by atoms with Gasteiger partial charge in [0.2, 0.25) is 0 Å². The van der Waals surface area contributed by atoms with Gasteiger partial charge in [0.25, 0.3) is 0 Å². The SMILES string of the molecule is CC(O)C1CCN(C(=O)Nc2cc(C(F)(F)F)ccc2F)CC1. The standard InChI is InChI=1S/C15H18F4N2O2/c1-9(22)10-4-6-21(7-5-10)14(23)20-13-8-11(15(17,18)19)2-3-12(13)16/h2-3,8-10,22H,4-7H2,1H3,(H,20,23). The van der Waals surface area contributed by atoms with E-state index < -0.39 is 35.4 Å². The van der Waals surface area contributed by atoms with Gasteiger partial charge in [0.05, 0.1) is 17.4 Å². The maximum Gasteiger partial charge on any atom is 0.416 e. The Bertz CT molecular complexity index is 567. The lowest BCUT2D eigenvalue weighted by Gasteiger charge is -2.33. The topological polar surface area (TPSA) is 52.6 Å². The summed E-state index contributed by atoms with van der Waals surface area (Å²) in [6.45, 7) is 2.41. The molecule has 2 rings (SSSR count). The van der Waals surface area contributed by atoms with Crippen molar-refractivity contribution in [3.8, 4) is 0 Å². The Morgan fingerprint density at radius 2 is 1.96 bits per heavy atom. The van der Waals surface area contributed by atoms with Crippen LogP contribution in [0.2, 0.25) is 0 Å². The number of carbonyl (C=O) groups is 1. The van der Waals surface area contributed by atoms with E-state index >= 15 is 0 Å². The second-order valence-corrected chi connectivity index (χ2v) is 5.69. The van der Waals surface area contributed by atoms with Gasteiger partial charge in [-0.05, 0) is 43.9 Å². The van der Waals surface area contributed by atoms with Crippen LogP contribution >= 0.6 is 0 Å². The summed E-state index contributed by atoms with van der Waals surface area (Å²) in [6, 6.07) is 1.24. The number of halogens is 4. The third kappa shape index (κ3) is 4.34. The summed E-state index contributed by atoms with van der Waals surface area (Å²) in [5.74, 6) is -0.838. The highest BCUT2D eigenvalue weighted by Crippen LogP contribution is 2.32. The normalized spacial score (nSPS) is 17.9. The molecule has 0 saturated carbocycles. The number of nitrogens with zero attached hydrogens (tertiary/aromatic N) is 1. The number of anilines is 1. The highest BCUT2D eigenvalue weighted by atomic mass is 19.4. The highest BCUT2D eigenvalue weighted by Gasteiger charge is 2.32. The first-order chi connectivity index (χ1) is 10.7. The number of aliphatic hydroxyl groups is 1. The zero-order chi connectivity index (χ0) is 17.2. The molecule has 0 spiro atoms. The predicted molar refractivity (Wildman–Crippen MR) is 76.4 cm³/mol. The molecule has 1 heterocycles. The van der Waals surface area contributed by atoms with Crippen LogP contribution < -0.4 is 5.32 Å². The summed E-state index contributed by atoms with van der Waals surface area (Å²) < 4.78 is 51.5. The molecule has 2 amide bonds. The molecule has 128 valence electrons. The first-order valence-corrected chi connectivity index (χ1v) is 7.29. The zero-order valence-electron chi connectivity index (χ0n) is 12.5. The molecule has 1 atom stereocenters. The number of benzene rings is 1. The molecular formula is C15H18F4N2O2. The first kappa shape index (κ1) is 17.5. The van der Waals surface area contributed by atoms with Crippen molar-refractivity contribution >= 4 is 11.7 Å². The molecule has 4 nitrogen and oxygen atoms in total. The van der Waals surface area contributed by atoms with Crippen molar-refractivity contribution < 1.29 is 27.5 Å². The van der Waals surface area contributed by atoms with Gasteiger partial charge in [0.1, 0.15) is 5.82 Å². The lowest BCUT2D eigenvalue weighted by atomic mass is 9.92. The van der Waals surface area contributed by atoms with E-state index in [1.54, 1.807) is 6.92 Å². The number of aliphatic hydroxyl groups excluding tert-OH is 1. The van der Waals surface area contributed by atoms with Gasteiger partial charge in [-0.3, -0.25) is 0 Å². The number of urea groups is 1. The van der Waals surface area contributed by atoms with Crippen molar-refractivity contribution in [1.29, 1.82) is 0 Å². The summed E-state index contributed by atoms with van der Waals surface area (Å²) in [5, 5.41) is 11.7. The maximum absolute atomic E-state index is 13.6. The Morgan fingerprint density at radius 3 is 2.48 bits per heavy atom. The minimum absolute atomic E-state index is 0.0874. The van der Waals surface area contributed by atoms with Crippen LogP contribution in [0.1, 0.15) is 25.3 Å². The summed E-state index contributed by atoms with van der Waals surface area (Å²) >= 11 is 0. The fourth-order valence-corrected chi connectivity index (χ4v) is 2.58. The molecule has 0 aliphatic carbocycles. The van der Waals surface area contributed by atoms with Crippen LogP contribution in [0.4, 0.5) is 28.0 Å². The molecule has 8 heteroatoms. The summed E-state index contributed by atoms with van der Waals surface area (Å²) in [5.41, 5.74) is -1.52. The van der Waals surface area contributed by atoms with Crippen molar-refractivity contribution in [2.24, 2.45) is 5.92 Å². The Balaban J connectivity index is 2.03. The molecular weight excluding hydrogens is 316 g/mol. The molecule has 1 fully saturated rings. The number of nitrogens with one attached hydrogen (secondary N) is 1. The first-order valence-electron chi connectivity index (χ1n) is 7.29. The van der Waals surface area contributed by atoms with Gasteiger partial charge in [0, 0.05) is 13.1 Å². The Kier molecular flexibility index (Phi) is 5.13. The van der Waals surface area contributed by atoms with Gasteiger partial charge < -0.3 is 15.3 Å². The minimum Gasteiger partial charge on any atom is -0.393 e. The lowest BCUT2D eigenvalue weighted by molar-refractivity contribution is -0.137. The van der Waals surface area contributed by atoms with Gasteiger partial charge in [-0.25, -0.2) is 9.18 Å².